The maximum absolute atomic E-state index is 13.8. The Bertz CT molecular complexity index is 1170. The van der Waals surface area contributed by atoms with Crippen molar-refractivity contribution in [2.75, 3.05) is 25.0 Å². The van der Waals surface area contributed by atoms with Gasteiger partial charge in [0.15, 0.2) is 5.78 Å². The minimum Gasteiger partial charge on any atom is -0.387 e. The number of piperidine rings is 1. The van der Waals surface area contributed by atoms with E-state index in [0.29, 0.717) is 12.5 Å². The summed E-state index contributed by atoms with van der Waals surface area (Å²) in [5.74, 6) is 0.0950. The van der Waals surface area contributed by atoms with Crippen molar-refractivity contribution in [3.05, 3.63) is 89.5 Å². The smallest absolute Gasteiger partial charge is 0.176 e. The van der Waals surface area contributed by atoms with Crippen molar-refractivity contribution in [3.8, 4) is 0 Å². The van der Waals surface area contributed by atoms with Gasteiger partial charge in [-0.05, 0) is 62.4 Å². The van der Waals surface area contributed by atoms with Crippen LogP contribution in [0.5, 0.6) is 0 Å². The minimum atomic E-state index is -1.00. The molecule has 0 spiro atoms. The number of hydrogen-bond donors (Lipinski definition) is 3. The molecule has 0 saturated carbocycles. The van der Waals surface area contributed by atoms with Crippen LogP contribution >= 0.6 is 0 Å². The second kappa shape index (κ2) is 11.5. The molecule has 3 unspecified atom stereocenters. The summed E-state index contributed by atoms with van der Waals surface area (Å²) in [4.78, 5) is 16.5. The Labute approximate surface area is 221 Å². The Morgan fingerprint density at radius 2 is 1.86 bits per heavy atom. The van der Waals surface area contributed by atoms with Crippen LogP contribution in [0.1, 0.15) is 62.1 Å². The predicted octanol–water partition coefficient (Wildman–Crippen LogP) is 6.05. The molecule has 1 fully saturated rings. The third-order valence-corrected chi connectivity index (χ3v) is 8.58. The van der Waals surface area contributed by atoms with Crippen LogP contribution < -0.4 is 11.1 Å². The topological polar surface area (TPSA) is 82.2 Å². The Morgan fingerprint density at radius 1 is 1.05 bits per heavy atom. The summed E-state index contributed by atoms with van der Waals surface area (Å²) >= 11 is 0. The van der Waals surface area contributed by atoms with Crippen LogP contribution in [-0.4, -0.2) is 36.2 Å². The van der Waals surface area contributed by atoms with E-state index in [4.69, 9.17) is 11.1 Å². The van der Waals surface area contributed by atoms with Gasteiger partial charge in [-0.2, -0.15) is 0 Å². The van der Waals surface area contributed by atoms with Gasteiger partial charge in [-0.1, -0.05) is 86.0 Å². The summed E-state index contributed by atoms with van der Waals surface area (Å²) in [6.45, 7) is 2.97. The molecule has 5 rings (SSSR count). The molecule has 2 aliphatic heterocycles. The first kappa shape index (κ1) is 25.5. The fourth-order valence-electron chi connectivity index (χ4n) is 6.46. The average Bonchev–Trinajstić information content (AvgIpc) is 2.94. The molecule has 1 aliphatic carbocycles. The first-order valence-corrected chi connectivity index (χ1v) is 14.0. The molecule has 2 heterocycles. The number of ketones is 1. The number of nitrogens with two attached hydrogens (primary N) is 1. The van der Waals surface area contributed by atoms with Crippen molar-refractivity contribution in [3.63, 3.8) is 0 Å². The number of anilines is 1. The van der Waals surface area contributed by atoms with Crippen molar-refractivity contribution in [2.45, 2.75) is 57.4 Å². The third-order valence-electron chi connectivity index (χ3n) is 8.58. The van der Waals surface area contributed by atoms with Crippen LogP contribution in [0.4, 0.5) is 5.69 Å². The molecular formula is C32H40N4O. The number of benzene rings is 2. The van der Waals surface area contributed by atoms with E-state index >= 15 is 0 Å². The molecule has 0 radical (unpaired) electrons. The number of unbranched alkanes of at least 4 members (excludes halogenated alkanes) is 2. The monoisotopic (exact) mass is 496 g/mol. The number of rotatable bonds is 9. The Morgan fingerprint density at radius 3 is 2.70 bits per heavy atom. The number of carbonyl (C=O) groups is 1. The average molecular weight is 497 g/mol. The van der Waals surface area contributed by atoms with Crippen molar-refractivity contribution in [1.82, 2.24) is 4.90 Å². The Balaban J connectivity index is 1.18. The lowest BCUT2D eigenvalue weighted by Crippen LogP contribution is -2.46. The standard InChI is InChI=1S/C32H40N4O/c33-31(34)32(18-8-2-9-20-36-21-10-7-17-29(36)24-12-3-1-4-13-24)19-11-15-27(30(32)37)26-22-25-14-5-6-16-28(25)35-23-26/h1,3-6,11-16,19,26,29,35H,2,7-10,17-18,20-23H2,(H3,33,34). The molecule has 0 amide bonds. The first-order valence-electron chi connectivity index (χ1n) is 14.0. The van der Waals surface area contributed by atoms with Gasteiger partial charge in [0.25, 0.3) is 0 Å². The Hall–Kier alpha value is -3.18. The lowest BCUT2D eigenvalue weighted by molar-refractivity contribution is -0.120. The van der Waals surface area contributed by atoms with E-state index in [0.717, 1.165) is 56.6 Å². The number of allylic oxidation sites excluding steroid dienone is 2. The number of amidine groups is 1. The molecule has 194 valence electrons. The summed E-state index contributed by atoms with van der Waals surface area (Å²) in [5, 5.41) is 11.9. The molecule has 37 heavy (non-hydrogen) atoms. The fraction of sp³-hybridized carbons (Fsp3) is 0.438. The first-order chi connectivity index (χ1) is 18.1. The lowest BCUT2D eigenvalue weighted by Gasteiger charge is -2.36. The van der Waals surface area contributed by atoms with Crippen LogP contribution in [0.15, 0.2) is 78.4 Å². The summed E-state index contributed by atoms with van der Waals surface area (Å²) in [5.41, 5.74) is 9.75. The van der Waals surface area contributed by atoms with Gasteiger partial charge >= 0.3 is 0 Å². The molecule has 4 N–H and O–H groups in total. The van der Waals surface area contributed by atoms with Crippen LogP contribution in [0.2, 0.25) is 0 Å². The van der Waals surface area contributed by atoms with Crippen LogP contribution in [0.25, 0.3) is 0 Å². The maximum atomic E-state index is 13.8. The number of hydrogen-bond acceptors (Lipinski definition) is 4. The van der Waals surface area contributed by atoms with Gasteiger partial charge < -0.3 is 11.1 Å². The molecular weight excluding hydrogens is 456 g/mol. The number of nitrogens with one attached hydrogen (secondary N) is 2. The van der Waals surface area contributed by atoms with Crippen molar-refractivity contribution < 1.29 is 4.79 Å². The highest BCUT2D eigenvalue weighted by molar-refractivity contribution is 6.17. The number of nitrogens with zero attached hydrogens (tertiary/aromatic N) is 1. The van der Waals surface area contributed by atoms with Gasteiger partial charge in [-0.25, -0.2) is 0 Å². The second-order valence-corrected chi connectivity index (χ2v) is 10.9. The highest BCUT2D eigenvalue weighted by Crippen LogP contribution is 2.39. The maximum Gasteiger partial charge on any atom is 0.176 e. The normalized spacial score (nSPS) is 25.7. The SMILES string of the molecule is N=C(N)C1(CCCCCN2CCCCC2c2ccccc2)C=CC=C(C2CNc3ccccc3C2)C1=O. The Kier molecular flexibility index (Phi) is 7.90. The van der Waals surface area contributed by atoms with E-state index in [2.05, 4.69) is 52.7 Å². The van der Waals surface area contributed by atoms with Gasteiger partial charge in [-0.15, -0.1) is 0 Å². The molecule has 1 saturated heterocycles. The molecule has 5 heteroatoms. The summed E-state index contributed by atoms with van der Waals surface area (Å²) < 4.78 is 0. The summed E-state index contributed by atoms with van der Waals surface area (Å²) in [6.07, 6.45) is 14.0. The molecule has 2 aromatic carbocycles. The van der Waals surface area contributed by atoms with Gasteiger partial charge in [0.05, 0.1) is 0 Å². The van der Waals surface area contributed by atoms with Crippen molar-refractivity contribution >= 4 is 17.3 Å². The van der Waals surface area contributed by atoms with Crippen LogP contribution in [0.3, 0.4) is 0 Å². The van der Waals surface area contributed by atoms with Crippen molar-refractivity contribution in [2.24, 2.45) is 17.1 Å². The van der Waals surface area contributed by atoms with Crippen LogP contribution in [-0.2, 0) is 11.2 Å². The van der Waals surface area contributed by atoms with E-state index in [1.165, 1.54) is 30.4 Å². The molecule has 5 nitrogen and oxygen atoms in total. The summed E-state index contributed by atoms with van der Waals surface area (Å²) in [7, 11) is 0. The molecule has 3 atom stereocenters. The van der Waals surface area contributed by atoms with E-state index in [1.54, 1.807) is 0 Å². The molecule has 3 aliphatic rings. The number of fused-ring (bicyclic) bond motifs is 1. The highest BCUT2D eigenvalue weighted by Gasteiger charge is 2.43. The number of likely N-dealkylation sites (tertiary alicyclic amines) is 1. The van der Waals surface area contributed by atoms with Gasteiger partial charge in [0.1, 0.15) is 11.3 Å². The predicted molar refractivity (Wildman–Crippen MR) is 152 cm³/mol. The molecule has 0 aromatic heterocycles. The van der Waals surface area contributed by atoms with Gasteiger partial charge in [0.2, 0.25) is 0 Å². The van der Waals surface area contributed by atoms with Gasteiger partial charge in [0, 0.05) is 29.8 Å². The van der Waals surface area contributed by atoms with E-state index in [9.17, 15) is 4.79 Å². The lowest BCUT2D eigenvalue weighted by atomic mass is 9.69. The van der Waals surface area contributed by atoms with Crippen molar-refractivity contribution in [1.29, 1.82) is 5.41 Å². The molecule has 2 aromatic rings. The number of carbonyl (C=O) groups excluding carboxylic acids is 1. The fourth-order valence-corrected chi connectivity index (χ4v) is 6.46. The van der Waals surface area contributed by atoms with E-state index in [1.807, 2.05) is 30.4 Å². The van der Waals surface area contributed by atoms with E-state index in [-0.39, 0.29) is 17.5 Å². The summed E-state index contributed by atoms with van der Waals surface area (Å²) in [6, 6.07) is 19.7. The zero-order valence-corrected chi connectivity index (χ0v) is 21.8. The van der Waals surface area contributed by atoms with E-state index < -0.39 is 5.41 Å². The third kappa shape index (κ3) is 5.42. The highest BCUT2D eigenvalue weighted by atomic mass is 16.1. The number of para-hydroxylation sites is 1. The van der Waals surface area contributed by atoms with Gasteiger partial charge in [-0.3, -0.25) is 15.1 Å². The minimum absolute atomic E-state index is 0.0221. The quantitative estimate of drug-likeness (QED) is 0.224. The zero-order chi connectivity index (χ0) is 25.7. The molecule has 0 bridgehead atoms. The number of Topliss-reactive ketones (excluding diaryl/α,β-unsaturated/α-hetero) is 1. The largest absolute Gasteiger partial charge is 0.387 e. The second-order valence-electron chi connectivity index (χ2n) is 10.9. The van der Waals surface area contributed by atoms with Crippen LogP contribution in [0, 0.1) is 16.7 Å². The zero-order valence-electron chi connectivity index (χ0n) is 21.8.